The van der Waals surface area contributed by atoms with Crippen LogP contribution in [0.15, 0.2) is 58.3 Å². The molecule has 4 aromatic rings. The second kappa shape index (κ2) is 9.89. The minimum absolute atomic E-state index is 0.225. The maximum Gasteiger partial charge on any atom is 0.278 e. The van der Waals surface area contributed by atoms with Crippen molar-refractivity contribution in [2.24, 2.45) is 4.36 Å². The predicted octanol–water partition coefficient (Wildman–Crippen LogP) is 3.24. The van der Waals surface area contributed by atoms with Crippen LogP contribution in [-0.2, 0) is 29.2 Å². The molecule has 5 rings (SSSR count). The fourth-order valence-electron chi connectivity index (χ4n) is 4.59. The minimum atomic E-state index is -2.43. The standard InChI is InChI=1S/C27H28N8O2S/c1-6-12-34-26(36)22-16-28-27(29-20-14-18(7-2)21-11-13-33(3)17-19(21)15-20)31-25(22)35(34)24-10-8-9-23(30-24)32-38(4,5)37/h2,6,8-10,14-16H,1,11-13,17H2,3-5H3,(H,28,29,31). The number of nitrogens with zero attached hydrogens (tertiary/aromatic N) is 7. The topological polar surface area (TPSA) is 110 Å². The summed E-state index contributed by atoms with van der Waals surface area (Å²) < 4.78 is 19.5. The van der Waals surface area contributed by atoms with Gasteiger partial charge in [0, 0.05) is 52.8 Å². The number of likely N-dealkylation sites (N-methyl/N-ethyl adjacent to an activating group) is 1. The Morgan fingerprint density at radius 2 is 2.11 bits per heavy atom. The molecular formula is C27H28N8O2S. The molecule has 0 radical (unpaired) electrons. The van der Waals surface area contributed by atoms with E-state index in [1.165, 1.54) is 34.5 Å². The van der Waals surface area contributed by atoms with Crippen LogP contribution in [0.5, 0.6) is 0 Å². The summed E-state index contributed by atoms with van der Waals surface area (Å²) in [5.74, 6) is 3.81. The number of allylic oxidation sites excluding steroid dienone is 1. The van der Waals surface area contributed by atoms with Crippen LogP contribution in [0.2, 0.25) is 0 Å². The highest BCUT2D eigenvalue weighted by Crippen LogP contribution is 2.27. The van der Waals surface area contributed by atoms with Gasteiger partial charge in [0.15, 0.2) is 17.3 Å². The van der Waals surface area contributed by atoms with E-state index in [-0.39, 0.29) is 12.1 Å². The first kappa shape index (κ1) is 25.4. The van der Waals surface area contributed by atoms with Crippen LogP contribution in [0.4, 0.5) is 17.5 Å². The van der Waals surface area contributed by atoms with E-state index in [1.54, 1.807) is 29.0 Å². The molecule has 0 spiro atoms. The number of aromatic nitrogens is 5. The van der Waals surface area contributed by atoms with E-state index in [0.29, 0.717) is 28.6 Å². The second-order valence-corrected chi connectivity index (χ2v) is 12.0. The Kier molecular flexibility index (Phi) is 6.60. The van der Waals surface area contributed by atoms with Gasteiger partial charge in [0.2, 0.25) is 5.95 Å². The van der Waals surface area contributed by atoms with Crippen molar-refractivity contribution >= 4 is 38.2 Å². The summed E-state index contributed by atoms with van der Waals surface area (Å²) in [5, 5.41) is 3.59. The predicted molar refractivity (Wildman–Crippen MR) is 151 cm³/mol. The van der Waals surface area contributed by atoms with Gasteiger partial charge in [0.1, 0.15) is 5.39 Å². The van der Waals surface area contributed by atoms with Gasteiger partial charge in [-0.2, -0.15) is 9.35 Å². The maximum atomic E-state index is 13.2. The molecule has 1 aliphatic rings. The molecule has 0 saturated heterocycles. The first-order valence-electron chi connectivity index (χ1n) is 12.0. The van der Waals surface area contributed by atoms with Gasteiger partial charge in [0.05, 0.1) is 6.54 Å². The van der Waals surface area contributed by atoms with Crippen LogP contribution in [-0.4, -0.2) is 59.5 Å². The summed E-state index contributed by atoms with van der Waals surface area (Å²) in [5.41, 5.74) is 4.06. The molecule has 3 aromatic heterocycles. The Labute approximate surface area is 221 Å². The molecule has 0 amide bonds. The molecule has 0 saturated carbocycles. The molecule has 0 fully saturated rings. The van der Waals surface area contributed by atoms with E-state index in [1.807, 2.05) is 6.07 Å². The molecule has 38 heavy (non-hydrogen) atoms. The van der Waals surface area contributed by atoms with Crippen molar-refractivity contribution in [2.45, 2.75) is 19.5 Å². The monoisotopic (exact) mass is 528 g/mol. The van der Waals surface area contributed by atoms with E-state index in [9.17, 15) is 9.00 Å². The van der Waals surface area contributed by atoms with Crippen molar-refractivity contribution in [3.05, 3.63) is 76.2 Å². The summed E-state index contributed by atoms with van der Waals surface area (Å²) in [4.78, 5) is 29.1. The van der Waals surface area contributed by atoms with Crippen molar-refractivity contribution in [3.8, 4) is 18.2 Å². The van der Waals surface area contributed by atoms with Gasteiger partial charge >= 0.3 is 0 Å². The summed E-state index contributed by atoms with van der Waals surface area (Å²) in [6.07, 6.45) is 12.9. The number of nitrogens with one attached hydrogen (secondary N) is 1. The largest absolute Gasteiger partial charge is 0.324 e. The Morgan fingerprint density at radius 1 is 1.29 bits per heavy atom. The summed E-state index contributed by atoms with van der Waals surface area (Å²) in [6, 6.07) is 9.13. The molecule has 1 N–H and O–H groups in total. The van der Waals surface area contributed by atoms with E-state index in [4.69, 9.17) is 11.4 Å². The molecule has 1 aliphatic heterocycles. The van der Waals surface area contributed by atoms with Gasteiger partial charge in [0.25, 0.3) is 5.56 Å². The van der Waals surface area contributed by atoms with E-state index in [0.717, 1.165) is 30.8 Å². The lowest BCUT2D eigenvalue weighted by molar-refractivity contribution is 0.313. The number of hydrogen-bond donors (Lipinski definition) is 1. The number of pyridine rings is 1. The molecule has 11 heteroatoms. The quantitative estimate of drug-likeness (QED) is 0.302. The lowest BCUT2D eigenvalue weighted by atomic mass is 9.94. The van der Waals surface area contributed by atoms with Crippen molar-refractivity contribution in [3.63, 3.8) is 0 Å². The summed E-state index contributed by atoms with van der Waals surface area (Å²) in [7, 11) is -0.343. The van der Waals surface area contributed by atoms with Crippen LogP contribution in [0.1, 0.15) is 16.7 Å². The van der Waals surface area contributed by atoms with Crippen LogP contribution in [0.3, 0.4) is 0 Å². The zero-order valence-corrected chi connectivity index (χ0v) is 22.3. The molecule has 0 aliphatic carbocycles. The van der Waals surface area contributed by atoms with Crippen molar-refractivity contribution in [1.82, 2.24) is 29.2 Å². The zero-order chi connectivity index (χ0) is 27.0. The molecule has 1 aromatic carbocycles. The SMILES string of the molecule is C#Cc1cc(Nc2ncc3c(=O)n(CC=C)n(-c4cccc(N=S(C)(C)=O)n4)c3n2)cc2c1CCN(C)C2. The summed E-state index contributed by atoms with van der Waals surface area (Å²) in [6.45, 7) is 5.77. The van der Waals surface area contributed by atoms with Crippen molar-refractivity contribution < 1.29 is 4.21 Å². The Morgan fingerprint density at radius 3 is 2.84 bits per heavy atom. The maximum absolute atomic E-state index is 13.2. The second-order valence-electron chi connectivity index (χ2n) is 9.46. The first-order chi connectivity index (χ1) is 18.2. The van der Waals surface area contributed by atoms with Crippen LogP contribution in [0.25, 0.3) is 16.9 Å². The highest BCUT2D eigenvalue weighted by molar-refractivity contribution is 7.92. The van der Waals surface area contributed by atoms with Gasteiger partial charge < -0.3 is 10.2 Å². The number of fused-ring (bicyclic) bond motifs is 2. The molecule has 4 heterocycles. The van der Waals surface area contributed by atoms with Gasteiger partial charge in [-0.05, 0) is 48.9 Å². The number of rotatable bonds is 6. The first-order valence-corrected chi connectivity index (χ1v) is 14.3. The van der Waals surface area contributed by atoms with Crippen LogP contribution < -0.4 is 10.9 Å². The van der Waals surface area contributed by atoms with Gasteiger partial charge in [-0.25, -0.2) is 23.5 Å². The van der Waals surface area contributed by atoms with Crippen molar-refractivity contribution in [2.75, 3.05) is 31.4 Å². The molecular weight excluding hydrogens is 500 g/mol. The summed E-state index contributed by atoms with van der Waals surface area (Å²) >= 11 is 0. The van der Waals surface area contributed by atoms with Crippen LogP contribution >= 0.6 is 0 Å². The molecule has 0 unspecified atom stereocenters. The van der Waals surface area contributed by atoms with E-state index < -0.39 is 9.73 Å². The zero-order valence-electron chi connectivity index (χ0n) is 21.5. The number of anilines is 2. The smallest absolute Gasteiger partial charge is 0.278 e. The Balaban J connectivity index is 1.63. The lowest BCUT2D eigenvalue weighted by Crippen LogP contribution is -2.27. The van der Waals surface area contributed by atoms with E-state index in [2.05, 4.69) is 50.2 Å². The molecule has 10 nitrogen and oxygen atoms in total. The fourth-order valence-corrected chi connectivity index (χ4v) is 5.14. The van der Waals surface area contributed by atoms with E-state index >= 15 is 0 Å². The minimum Gasteiger partial charge on any atom is -0.324 e. The molecule has 0 bridgehead atoms. The number of terminal acetylenes is 1. The van der Waals surface area contributed by atoms with Gasteiger partial charge in [-0.1, -0.05) is 18.1 Å². The third kappa shape index (κ3) is 4.96. The highest BCUT2D eigenvalue weighted by atomic mass is 32.2. The lowest BCUT2D eigenvalue weighted by Gasteiger charge is -2.26. The number of hydrogen-bond acceptors (Lipinski definition) is 8. The average molecular weight is 529 g/mol. The Bertz CT molecular complexity index is 1800. The van der Waals surface area contributed by atoms with Crippen molar-refractivity contribution in [1.29, 1.82) is 0 Å². The van der Waals surface area contributed by atoms with Gasteiger partial charge in [-0.15, -0.1) is 13.0 Å². The Hall–Kier alpha value is -4.27. The average Bonchev–Trinajstić information content (AvgIpc) is 3.13. The normalized spacial score (nSPS) is 13.6. The molecule has 0 atom stereocenters. The third-order valence-corrected chi connectivity index (χ3v) is 6.79. The van der Waals surface area contributed by atoms with Gasteiger partial charge in [-0.3, -0.25) is 4.79 Å². The fraction of sp³-hybridized carbons (Fsp3) is 0.259. The third-order valence-electron chi connectivity index (χ3n) is 6.17. The molecule has 194 valence electrons. The highest BCUT2D eigenvalue weighted by Gasteiger charge is 2.20. The van der Waals surface area contributed by atoms with Crippen LogP contribution in [0, 0.1) is 12.3 Å². The number of benzene rings is 1.